The third kappa shape index (κ3) is 4.84. The third-order valence-corrected chi connectivity index (χ3v) is 4.72. The minimum absolute atomic E-state index is 0. The van der Waals surface area contributed by atoms with E-state index in [9.17, 15) is 4.79 Å². The summed E-state index contributed by atoms with van der Waals surface area (Å²) in [6.07, 6.45) is 1.10. The van der Waals surface area contributed by atoms with Gasteiger partial charge in [0, 0.05) is 23.7 Å². The molecular weight excluding hydrogens is 357 g/mol. The van der Waals surface area contributed by atoms with Gasteiger partial charge in [-0.2, -0.15) is 0 Å². The Bertz CT molecular complexity index is 721. The number of amides is 1. The maximum absolute atomic E-state index is 12.9. The lowest BCUT2D eigenvalue weighted by atomic mass is 9.94. The van der Waals surface area contributed by atoms with Crippen molar-refractivity contribution in [3.05, 3.63) is 41.6 Å². The maximum Gasteiger partial charge on any atom is 0.252 e. The van der Waals surface area contributed by atoms with Gasteiger partial charge in [0.25, 0.3) is 5.91 Å². The van der Waals surface area contributed by atoms with E-state index in [0.29, 0.717) is 11.8 Å². The fraction of sp³-hybridized carbons (Fsp3) is 0.474. The second kappa shape index (κ2) is 9.37. The van der Waals surface area contributed by atoms with E-state index in [1.807, 2.05) is 30.3 Å². The molecule has 2 aromatic rings. The Kier molecular flexibility index (Phi) is 8.13. The Balaban J connectivity index is 0.00000156. The first-order valence-corrected chi connectivity index (χ1v) is 8.47. The first kappa shape index (κ1) is 21.7. The molecule has 4 nitrogen and oxygen atoms in total. The van der Waals surface area contributed by atoms with Crippen molar-refractivity contribution in [2.75, 3.05) is 13.1 Å². The zero-order chi connectivity index (χ0) is 16.4. The number of nitrogens with zero attached hydrogens (tertiary/aromatic N) is 1. The van der Waals surface area contributed by atoms with Crippen LogP contribution in [0.3, 0.4) is 0 Å². The lowest BCUT2D eigenvalue weighted by molar-refractivity contribution is 0.0916. The van der Waals surface area contributed by atoms with Crippen molar-refractivity contribution in [1.29, 1.82) is 0 Å². The molecule has 0 radical (unpaired) electrons. The molecule has 6 heteroatoms. The zero-order valence-corrected chi connectivity index (χ0v) is 16.5. The summed E-state index contributed by atoms with van der Waals surface area (Å²) >= 11 is 0. The average Bonchev–Trinajstić information content (AvgIpc) is 2.55. The van der Waals surface area contributed by atoms with Gasteiger partial charge >= 0.3 is 0 Å². The van der Waals surface area contributed by atoms with Gasteiger partial charge in [0.2, 0.25) is 0 Å². The Hall–Kier alpha value is -1.36. The van der Waals surface area contributed by atoms with E-state index >= 15 is 0 Å². The van der Waals surface area contributed by atoms with Crippen LogP contribution in [-0.2, 0) is 0 Å². The minimum Gasteiger partial charge on any atom is -0.348 e. The largest absolute Gasteiger partial charge is 0.348 e. The number of carbonyl (C=O) groups is 1. The van der Waals surface area contributed by atoms with E-state index in [0.717, 1.165) is 41.7 Å². The minimum atomic E-state index is 0. The van der Waals surface area contributed by atoms with Crippen molar-refractivity contribution in [3.63, 3.8) is 0 Å². The Morgan fingerprint density at radius 3 is 2.68 bits per heavy atom. The van der Waals surface area contributed by atoms with Crippen molar-refractivity contribution in [3.8, 4) is 0 Å². The topological polar surface area (TPSA) is 54.0 Å². The van der Waals surface area contributed by atoms with E-state index in [1.54, 1.807) is 0 Å². The lowest BCUT2D eigenvalue weighted by Crippen LogP contribution is -2.50. The molecule has 1 aromatic carbocycles. The molecule has 0 saturated carbocycles. The fourth-order valence-electron chi connectivity index (χ4n) is 3.11. The van der Waals surface area contributed by atoms with Crippen molar-refractivity contribution in [2.45, 2.75) is 39.2 Å². The normalized spacial score (nSPS) is 19.8. The van der Waals surface area contributed by atoms with E-state index in [4.69, 9.17) is 0 Å². The number of aromatic nitrogens is 1. The molecule has 0 aliphatic carbocycles. The zero-order valence-electron chi connectivity index (χ0n) is 14.9. The van der Waals surface area contributed by atoms with Gasteiger partial charge in [-0.05, 0) is 36.9 Å². The van der Waals surface area contributed by atoms with Crippen LogP contribution < -0.4 is 10.6 Å². The predicted octanol–water partition coefficient (Wildman–Crippen LogP) is 3.93. The van der Waals surface area contributed by atoms with E-state index < -0.39 is 0 Å². The summed E-state index contributed by atoms with van der Waals surface area (Å²) < 4.78 is 0. The maximum atomic E-state index is 12.9. The highest BCUT2D eigenvalue weighted by Gasteiger charge is 2.24. The van der Waals surface area contributed by atoms with Crippen molar-refractivity contribution in [1.82, 2.24) is 15.6 Å². The summed E-state index contributed by atoms with van der Waals surface area (Å²) in [5.74, 6) is 0.797. The highest BCUT2D eigenvalue weighted by molar-refractivity contribution is 6.06. The molecule has 2 heterocycles. The molecule has 1 aliphatic heterocycles. The number of hydrogen-bond acceptors (Lipinski definition) is 3. The highest BCUT2D eigenvalue weighted by Crippen LogP contribution is 2.23. The van der Waals surface area contributed by atoms with E-state index in [-0.39, 0.29) is 36.8 Å². The van der Waals surface area contributed by atoms with Crippen molar-refractivity contribution < 1.29 is 4.79 Å². The first-order valence-electron chi connectivity index (χ1n) is 8.47. The molecule has 138 valence electrons. The van der Waals surface area contributed by atoms with E-state index in [2.05, 4.69) is 36.4 Å². The number of rotatable bonds is 3. The Morgan fingerprint density at radius 2 is 2.00 bits per heavy atom. The summed E-state index contributed by atoms with van der Waals surface area (Å²) in [6, 6.07) is 10.0. The van der Waals surface area contributed by atoms with Gasteiger partial charge in [-0.15, -0.1) is 24.8 Å². The van der Waals surface area contributed by atoms with Gasteiger partial charge in [0.05, 0.1) is 11.1 Å². The molecule has 2 atom stereocenters. The predicted molar refractivity (Wildman–Crippen MR) is 108 cm³/mol. The number of pyridine rings is 1. The molecule has 3 rings (SSSR count). The van der Waals surface area contributed by atoms with Gasteiger partial charge in [-0.1, -0.05) is 39.0 Å². The van der Waals surface area contributed by atoms with Gasteiger partial charge < -0.3 is 10.6 Å². The van der Waals surface area contributed by atoms with Crippen molar-refractivity contribution in [2.24, 2.45) is 5.92 Å². The van der Waals surface area contributed by atoms with Gasteiger partial charge in [0.15, 0.2) is 0 Å². The first-order chi connectivity index (χ1) is 11.1. The summed E-state index contributed by atoms with van der Waals surface area (Å²) in [5.41, 5.74) is 2.58. The standard InChI is InChI=1S/C19H25N3O.2ClH/c1-12(2)17-10-15(14-6-4-5-7-16(14)21-17)19(23)22-18-11-20-9-8-13(18)3;;/h4-7,10,12-13,18,20H,8-9,11H2,1-3H3,(H,22,23);2*1H. The monoisotopic (exact) mass is 383 g/mol. The number of nitrogens with one attached hydrogen (secondary N) is 2. The smallest absolute Gasteiger partial charge is 0.252 e. The number of piperidine rings is 1. The van der Waals surface area contributed by atoms with Crippen LogP contribution in [0.15, 0.2) is 30.3 Å². The Morgan fingerprint density at radius 1 is 1.28 bits per heavy atom. The lowest BCUT2D eigenvalue weighted by Gasteiger charge is -2.30. The SMILES string of the molecule is CC(C)c1cc(C(=O)NC2CNCCC2C)c2ccccc2n1.Cl.Cl. The summed E-state index contributed by atoms with van der Waals surface area (Å²) in [7, 11) is 0. The van der Waals surface area contributed by atoms with Crippen LogP contribution in [0.2, 0.25) is 0 Å². The summed E-state index contributed by atoms with van der Waals surface area (Å²) in [4.78, 5) is 17.6. The van der Waals surface area contributed by atoms with Crippen LogP contribution in [0, 0.1) is 5.92 Å². The molecule has 0 bridgehead atoms. The Labute approximate surface area is 162 Å². The molecule has 25 heavy (non-hydrogen) atoms. The van der Waals surface area contributed by atoms with Crippen molar-refractivity contribution >= 4 is 41.6 Å². The van der Waals surface area contributed by atoms with Crippen LogP contribution in [0.4, 0.5) is 0 Å². The average molecular weight is 384 g/mol. The van der Waals surface area contributed by atoms with E-state index in [1.165, 1.54) is 0 Å². The molecule has 2 unspecified atom stereocenters. The number of para-hydroxylation sites is 1. The van der Waals surface area contributed by atoms with Crippen LogP contribution >= 0.6 is 24.8 Å². The number of fused-ring (bicyclic) bond motifs is 1. The molecule has 0 spiro atoms. The van der Waals surface area contributed by atoms with Crippen LogP contribution in [0.25, 0.3) is 10.9 Å². The second-order valence-electron chi connectivity index (χ2n) is 6.82. The molecule has 1 fully saturated rings. The molecule has 1 amide bonds. The number of hydrogen-bond donors (Lipinski definition) is 2. The summed E-state index contributed by atoms with van der Waals surface area (Å²) in [5, 5.41) is 7.50. The quantitative estimate of drug-likeness (QED) is 0.843. The van der Waals surface area contributed by atoms with Gasteiger partial charge in [0.1, 0.15) is 0 Å². The number of halogens is 2. The third-order valence-electron chi connectivity index (χ3n) is 4.72. The molecule has 2 N–H and O–H groups in total. The van der Waals surface area contributed by atoms with Crippen LogP contribution in [-0.4, -0.2) is 30.0 Å². The fourth-order valence-corrected chi connectivity index (χ4v) is 3.11. The van der Waals surface area contributed by atoms with Crippen LogP contribution in [0.5, 0.6) is 0 Å². The molecule has 1 saturated heterocycles. The van der Waals surface area contributed by atoms with Gasteiger partial charge in [-0.25, -0.2) is 0 Å². The van der Waals surface area contributed by atoms with Crippen LogP contribution in [0.1, 0.15) is 49.2 Å². The number of carbonyl (C=O) groups excluding carboxylic acids is 1. The molecule has 1 aromatic heterocycles. The molecule has 1 aliphatic rings. The second-order valence-corrected chi connectivity index (χ2v) is 6.82. The summed E-state index contributed by atoms with van der Waals surface area (Å²) in [6.45, 7) is 8.28. The van der Waals surface area contributed by atoms with Gasteiger partial charge in [-0.3, -0.25) is 9.78 Å². The molecular formula is C19H27Cl2N3O. The highest BCUT2D eigenvalue weighted by atomic mass is 35.5. The number of benzene rings is 1.